The summed E-state index contributed by atoms with van der Waals surface area (Å²) in [5.41, 5.74) is 1.24. The number of nitrogens with one attached hydrogen (secondary N) is 1. The van der Waals surface area contributed by atoms with Crippen molar-refractivity contribution < 1.29 is 0 Å². The average molecular weight is 165 g/mol. The third-order valence-electron chi connectivity index (χ3n) is 2.33. The number of hydrogen-bond acceptors (Lipinski definition) is 2. The molecule has 1 N–H and O–H groups in total. The highest BCUT2D eigenvalue weighted by atomic mass is 15.3. The molecule has 0 bridgehead atoms. The maximum Gasteiger partial charge on any atom is 0.101 e. The number of nitrogens with zero attached hydrogens (tertiary/aromatic N) is 2. The van der Waals surface area contributed by atoms with E-state index in [4.69, 9.17) is 0 Å². The minimum atomic E-state index is 0.437. The molecule has 66 valence electrons. The van der Waals surface area contributed by atoms with Crippen LogP contribution in [0.25, 0.3) is 0 Å². The zero-order chi connectivity index (χ0) is 8.39. The Kier molecular flexibility index (Phi) is 2.13. The van der Waals surface area contributed by atoms with Gasteiger partial charge in [-0.3, -0.25) is 10.00 Å². The van der Waals surface area contributed by atoms with E-state index in [2.05, 4.69) is 23.5 Å². The number of hydrogen-bond donors (Lipinski definition) is 1. The summed E-state index contributed by atoms with van der Waals surface area (Å²) in [5.74, 6) is 0. The lowest BCUT2D eigenvalue weighted by Crippen LogP contribution is -2.31. The summed E-state index contributed by atoms with van der Waals surface area (Å²) >= 11 is 0. The lowest BCUT2D eigenvalue weighted by Gasteiger charge is -2.23. The van der Waals surface area contributed by atoms with Crippen LogP contribution in [0.15, 0.2) is 12.4 Å². The molecule has 0 aliphatic carbocycles. The van der Waals surface area contributed by atoms with Crippen LogP contribution in [0.4, 0.5) is 0 Å². The van der Waals surface area contributed by atoms with Crippen molar-refractivity contribution in [2.24, 2.45) is 0 Å². The molecule has 2 rings (SSSR count). The van der Waals surface area contributed by atoms with Crippen molar-refractivity contribution in [2.75, 3.05) is 6.54 Å². The van der Waals surface area contributed by atoms with Gasteiger partial charge in [0.05, 0.1) is 6.20 Å². The average Bonchev–Trinajstić information content (AvgIpc) is 2.54. The van der Waals surface area contributed by atoms with E-state index >= 15 is 0 Å². The Morgan fingerprint density at radius 3 is 3.08 bits per heavy atom. The van der Waals surface area contributed by atoms with Gasteiger partial charge in [-0.15, -0.1) is 0 Å². The summed E-state index contributed by atoms with van der Waals surface area (Å²) in [6, 6.07) is 0. The molecule has 0 saturated carbocycles. The molecule has 12 heavy (non-hydrogen) atoms. The van der Waals surface area contributed by atoms with Crippen molar-refractivity contribution in [3.05, 3.63) is 18.0 Å². The first-order valence-electron chi connectivity index (χ1n) is 4.60. The van der Waals surface area contributed by atoms with Crippen LogP contribution in [0.5, 0.6) is 0 Å². The number of rotatable bonds is 1. The molecular formula is C9H15N3. The maximum atomic E-state index is 4.29. The second-order valence-electron chi connectivity index (χ2n) is 3.46. The highest BCUT2D eigenvalue weighted by Gasteiger charge is 2.13. The molecule has 0 unspecified atom stereocenters. The molecule has 1 atom stereocenters. The monoisotopic (exact) mass is 165 g/mol. The summed E-state index contributed by atoms with van der Waals surface area (Å²) in [6.07, 6.45) is 8.28. The third kappa shape index (κ3) is 1.50. The summed E-state index contributed by atoms with van der Waals surface area (Å²) in [4.78, 5) is 0. The lowest BCUT2D eigenvalue weighted by atomic mass is 10.1. The first kappa shape index (κ1) is 7.80. The molecule has 3 nitrogen and oxygen atoms in total. The van der Waals surface area contributed by atoms with Crippen LogP contribution in [-0.2, 0) is 0 Å². The molecule has 1 fully saturated rings. The van der Waals surface area contributed by atoms with E-state index in [1.165, 1.54) is 24.8 Å². The van der Waals surface area contributed by atoms with Gasteiger partial charge in [-0.2, -0.15) is 5.10 Å². The Labute approximate surface area is 72.8 Å². The third-order valence-corrected chi connectivity index (χ3v) is 2.33. The summed E-state index contributed by atoms with van der Waals surface area (Å²) in [5, 5.41) is 7.74. The van der Waals surface area contributed by atoms with Gasteiger partial charge in [0.25, 0.3) is 0 Å². The van der Waals surface area contributed by atoms with Gasteiger partial charge in [0.15, 0.2) is 0 Å². The van der Waals surface area contributed by atoms with Gasteiger partial charge in [-0.05, 0) is 38.3 Å². The molecule has 0 amide bonds. The molecule has 0 spiro atoms. The number of aromatic nitrogens is 2. The van der Waals surface area contributed by atoms with Crippen LogP contribution in [0.1, 0.15) is 31.0 Å². The van der Waals surface area contributed by atoms with E-state index in [0.717, 1.165) is 6.54 Å². The topological polar surface area (TPSA) is 29.9 Å². The van der Waals surface area contributed by atoms with Gasteiger partial charge in [0, 0.05) is 6.20 Å². The van der Waals surface area contributed by atoms with Gasteiger partial charge < -0.3 is 0 Å². The Bertz CT molecular complexity index is 248. The molecule has 1 aromatic heterocycles. The van der Waals surface area contributed by atoms with Crippen LogP contribution >= 0.6 is 0 Å². The van der Waals surface area contributed by atoms with E-state index < -0.39 is 0 Å². The molecule has 2 heterocycles. The molecule has 1 saturated heterocycles. The van der Waals surface area contributed by atoms with Crippen LogP contribution in [-0.4, -0.2) is 16.3 Å². The van der Waals surface area contributed by atoms with Crippen LogP contribution < -0.4 is 5.32 Å². The molecule has 1 aliphatic heterocycles. The lowest BCUT2D eigenvalue weighted by molar-refractivity contribution is 0.298. The molecule has 0 aromatic carbocycles. The summed E-state index contributed by atoms with van der Waals surface area (Å²) in [7, 11) is 0. The minimum absolute atomic E-state index is 0.437. The van der Waals surface area contributed by atoms with E-state index in [-0.39, 0.29) is 0 Å². The SMILES string of the molecule is Cc1cnn([C@@H]2CCCCN2)c1. The zero-order valence-corrected chi connectivity index (χ0v) is 7.45. The van der Waals surface area contributed by atoms with E-state index in [1.807, 2.05) is 10.9 Å². The largest absolute Gasteiger partial charge is 0.296 e. The fraction of sp³-hybridized carbons (Fsp3) is 0.667. The molecule has 3 heteroatoms. The first-order chi connectivity index (χ1) is 5.86. The van der Waals surface area contributed by atoms with Crippen LogP contribution in [0, 0.1) is 6.92 Å². The predicted molar refractivity (Wildman–Crippen MR) is 47.9 cm³/mol. The quantitative estimate of drug-likeness (QED) is 0.682. The van der Waals surface area contributed by atoms with E-state index in [9.17, 15) is 0 Å². The predicted octanol–water partition coefficient (Wildman–Crippen LogP) is 1.46. The molecule has 0 radical (unpaired) electrons. The molecular weight excluding hydrogens is 150 g/mol. The van der Waals surface area contributed by atoms with E-state index in [0.29, 0.717) is 6.17 Å². The standard InChI is InChI=1S/C9H15N3/c1-8-6-11-12(7-8)9-4-2-3-5-10-9/h6-7,9-10H,2-5H2,1H3/t9-/m1/s1. The van der Waals surface area contributed by atoms with Crippen LogP contribution in [0.3, 0.4) is 0 Å². The van der Waals surface area contributed by atoms with Crippen molar-refractivity contribution in [2.45, 2.75) is 32.4 Å². The Hall–Kier alpha value is -0.830. The summed E-state index contributed by atoms with van der Waals surface area (Å²) in [6.45, 7) is 3.20. The normalized spacial score (nSPS) is 24.2. The Morgan fingerprint density at radius 2 is 2.50 bits per heavy atom. The fourth-order valence-electron chi connectivity index (χ4n) is 1.66. The second kappa shape index (κ2) is 3.27. The van der Waals surface area contributed by atoms with Crippen LogP contribution in [0.2, 0.25) is 0 Å². The first-order valence-corrected chi connectivity index (χ1v) is 4.60. The van der Waals surface area contributed by atoms with Crippen molar-refractivity contribution >= 4 is 0 Å². The van der Waals surface area contributed by atoms with Gasteiger partial charge >= 0.3 is 0 Å². The number of aryl methyl sites for hydroxylation is 1. The van der Waals surface area contributed by atoms with Gasteiger partial charge in [0.2, 0.25) is 0 Å². The van der Waals surface area contributed by atoms with Gasteiger partial charge in [-0.1, -0.05) is 0 Å². The smallest absolute Gasteiger partial charge is 0.101 e. The van der Waals surface area contributed by atoms with Gasteiger partial charge in [-0.25, -0.2) is 0 Å². The highest BCUT2D eigenvalue weighted by molar-refractivity contribution is 5.00. The number of piperidine rings is 1. The van der Waals surface area contributed by atoms with Gasteiger partial charge in [0.1, 0.15) is 6.17 Å². The fourth-order valence-corrected chi connectivity index (χ4v) is 1.66. The van der Waals surface area contributed by atoms with Crippen molar-refractivity contribution in [1.29, 1.82) is 0 Å². The maximum absolute atomic E-state index is 4.29. The Balaban J connectivity index is 2.08. The van der Waals surface area contributed by atoms with Crippen molar-refractivity contribution in [3.8, 4) is 0 Å². The van der Waals surface area contributed by atoms with E-state index in [1.54, 1.807) is 0 Å². The Morgan fingerprint density at radius 1 is 1.58 bits per heavy atom. The molecule has 1 aliphatic rings. The highest BCUT2D eigenvalue weighted by Crippen LogP contribution is 2.15. The van der Waals surface area contributed by atoms with Crippen molar-refractivity contribution in [3.63, 3.8) is 0 Å². The second-order valence-corrected chi connectivity index (χ2v) is 3.46. The molecule has 1 aromatic rings. The van der Waals surface area contributed by atoms with Crippen molar-refractivity contribution in [1.82, 2.24) is 15.1 Å². The minimum Gasteiger partial charge on any atom is -0.296 e. The zero-order valence-electron chi connectivity index (χ0n) is 7.45. The summed E-state index contributed by atoms with van der Waals surface area (Å²) < 4.78 is 2.04.